The lowest BCUT2D eigenvalue weighted by molar-refractivity contribution is -0.388. The second-order valence-electron chi connectivity index (χ2n) is 3.43. The Morgan fingerprint density at radius 3 is 2.95 bits per heavy atom. The standard InChI is InChI=1S/C10H14N4O4S/c1-3-4-11-10-12-5-7(14(16)17)9(13-10)19-6-8(15)18-2/h5H,3-4,6H2,1-2H3,(H,11,12,13). The quantitative estimate of drug-likeness (QED) is 0.264. The highest BCUT2D eigenvalue weighted by atomic mass is 32.2. The SMILES string of the molecule is CCCNc1ncc([N+](=O)[O-])c(SCC(=O)OC)n1. The number of esters is 1. The Labute approximate surface area is 114 Å². The number of carbonyl (C=O) groups excluding carboxylic acids is 1. The van der Waals surface area contributed by atoms with Gasteiger partial charge in [0.25, 0.3) is 0 Å². The number of nitro groups is 1. The molecule has 0 unspecified atom stereocenters. The molecule has 0 fully saturated rings. The maximum absolute atomic E-state index is 11.1. The second-order valence-corrected chi connectivity index (χ2v) is 4.40. The first kappa shape index (κ1) is 15.2. The Bertz CT molecular complexity index is 469. The highest BCUT2D eigenvalue weighted by Crippen LogP contribution is 2.27. The van der Waals surface area contributed by atoms with Gasteiger partial charge >= 0.3 is 11.7 Å². The largest absolute Gasteiger partial charge is 0.468 e. The average molecular weight is 286 g/mol. The molecular formula is C10H14N4O4S. The number of methoxy groups -OCH3 is 1. The van der Waals surface area contributed by atoms with E-state index in [1.54, 1.807) is 0 Å². The summed E-state index contributed by atoms with van der Waals surface area (Å²) in [6, 6.07) is 0. The van der Waals surface area contributed by atoms with Gasteiger partial charge in [0.05, 0.1) is 17.8 Å². The van der Waals surface area contributed by atoms with Gasteiger partial charge in [-0.25, -0.2) is 4.98 Å². The number of carbonyl (C=O) groups is 1. The molecule has 104 valence electrons. The summed E-state index contributed by atoms with van der Waals surface area (Å²) in [6.45, 7) is 2.64. The van der Waals surface area contributed by atoms with E-state index in [1.165, 1.54) is 7.11 Å². The first-order chi connectivity index (χ1) is 9.08. The molecule has 8 nitrogen and oxygen atoms in total. The molecule has 0 amide bonds. The van der Waals surface area contributed by atoms with Gasteiger partial charge in [-0.3, -0.25) is 14.9 Å². The molecule has 0 atom stereocenters. The van der Waals surface area contributed by atoms with Gasteiger partial charge in [0.2, 0.25) is 5.95 Å². The highest BCUT2D eigenvalue weighted by Gasteiger charge is 2.19. The van der Waals surface area contributed by atoms with Gasteiger partial charge in [-0.05, 0) is 6.42 Å². The van der Waals surface area contributed by atoms with Gasteiger partial charge in [0.1, 0.15) is 6.20 Å². The predicted octanol–water partition coefficient (Wildman–Crippen LogP) is 1.47. The monoisotopic (exact) mass is 286 g/mol. The van der Waals surface area contributed by atoms with E-state index < -0.39 is 10.9 Å². The van der Waals surface area contributed by atoms with Gasteiger partial charge in [-0.15, -0.1) is 0 Å². The summed E-state index contributed by atoms with van der Waals surface area (Å²) in [5.74, 6) is -0.206. The third-order valence-electron chi connectivity index (χ3n) is 2.02. The van der Waals surface area contributed by atoms with E-state index in [9.17, 15) is 14.9 Å². The summed E-state index contributed by atoms with van der Waals surface area (Å²) >= 11 is 0.948. The smallest absolute Gasteiger partial charge is 0.319 e. The van der Waals surface area contributed by atoms with Crippen LogP contribution < -0.4 is 5.32 Å². The van der Waals surface area contributed by atoms with Gasteiger partial charge in [0.15, 0.2) is 5.03 Å². The fourth-order valence-corrected chi connectivity index (χ4v) is 1.90. The fraction of sp³-hybridized carbons (Fsp3) is 0.500. The van der Waals surface area contributed by atoms with Crippen LogP contribution in [0.3, 0.4) is 0 Å². The van der Waals surface area contributed by atoms with E-state index in [0.29, 0.717) is 12.5 Å². The minimum Gasteiger partial charge on any atom is -0.468 e. The second kappa shape index (κ2) is 7.52. The zero-order valence-corrected chi connectivity index (χ0v) is 11.4. The van der Waals surface area contributed by atoms with Crippen molar-refractivity contribution in [2.45, 2.75) is 18.4 Å². The lowest BCUT2D eigenvalue weighted by Crippen LogP contribution is -2.08. The molecule has 0 bridgehead atoms. The number of hydrogen-bond donors (Lipinski definition) is 1. The van der Waals surface area contributed by atoms with Crippen LogP contribution in [0, 0.1) is 10.1 Å². The van der Waals surface area contributed by atoms with Gasteiger partial charge in [-0.1, -0.05) is 18.7 Å². The van der Waals surface area contributed by atoms with Crippen LogP contribution in [0.2, 0.25) is 0 Å². The van der Waals surface area contributed by atoms with Crippen LogP contribution in [-0.4, -0.2) is 40.3 Å². The third-order valence-corrected chi connectivity index (χ3v) is 2.97. The van der Waals surface area contributed by atoms with Gasteiger partial charge < -0.3 is 10.1 Å². The molecule has 1 N–H and O–H groups in total. The van der Waals surface area contributed by atoms with Crippen molar-refractivity contribution in [2.75, 3.05) is 24.7 Å². The zero-order valence-electron chi connectivity index (χ0n) is 10.6. The molecule has 1 heterocycles. The molecule has 0 aliphatic rings. The molecule has 0 spiro atoms. The van der Waals surface area contributed by atoms with Crippen molar-refractivity contribution in [3.05, 3.63) is 16.3 Å². The van der Waals surface area contributed by atoms with E-state index in [1.807, 2.05) is 6.92 Å². The molecule has 0 aliphatic heterocycles. The van der Waals surface area contributed by atoms with Crippen molar-refractivity contribution in [3.8, 4) is 0 Å². The normalized spacial score (nSPS) is 10.0. The summed E-state index contributed by atoms with van der Waals surface area (Å²) in [4.78, 5) is 29.2. The lowest BCUT2D eigenvalue weighted by Gasteiger charge is -2.05. The number of nitrogens with zero attached hydrogens (tertiary/aromatic N) is 3. The maximum atomic E-state index is 11.1. The molecule has 1 rings (SSSR count). The van der Waals surface area contributed by atoms with Gasteiger partial charge in [0, 0.05) is 6.54 Å². The van der Waals surface area contributed by atoms with Crippen LogP contribution in [0.4, 0.5) is 11.6 Å². The van der Waals surface area contributed by atoms with Crippen molar-refractivity contribution in [1.29, 1.82) is 0 Å². The Kier molecular flexibility index (Phi) is 6.00. The lowest BCUT2D eigenvalue weighted by atomic mass is 10.5. The molecule has 0 radical (unpaired) electrons. The average Bonchev–Trinajstić information content (AvgIpc) is 2.42. The number of hydrogen-bond acceptors (Lipinski definition) is 8. The first-order valence-corrected chi connectivity index (χ1v) is 6.52. The maximum Gasteiger partial charge on any atom is 0.319 e. The minimum absolute atomic E-state index is 0.0401. The number of nitrogens with one attached hydrogen (secondary N) is 1. The van der Waals surface area contributed by atoms with Crippen LogP contribution >= 0.6 is 11.8 Å². The molecule has 19 heavy (non-hydrogen) atoms. The fourth-order valence-electron chi connectivity index (χ4n) is 1.10. The molecule has 1 aromatic heterocycles. The van der Waals surface area contributed by atoms with Crippen LogP contribution in [0.5, 0.6) is 0 Å². The predicted molar refractivity (Wildman–Crippen MR) is 70.2 cm³/mol. The van der Waals surface area contributed by atoms with Crippen LogP contribution in [-0.2, 0) is 9.53 Å². The van der Waals surface area contributed by atoms with E-state index in [2.05, 4.69) is 20.0 Å². The highest BCUT2D eigenvalue weighted by molar-refractivity contribution is 8.00. The van der Waals surface area contributed by atoms with Crippen LogP contribution in [0.25, 0.3) is 0 Å². The Morgan fingerprint density at radius 2 is 2.37 bits per heavy atom. The van der Waals surface area contributed by atoms with Crippen molar-refractivity contribution < 1.29 is 14.5 Å². The molecule has 0 aromatic carbocycles. The topological polar surface area (TPSA) is 107 Å². The number of anilines is 1. The van der Waals surface area contributed by atoms with Crippen molar-refractivity contribution in [1.82, 2.24) is 9.97 Å². The van der Waals surface area contributed by atoms with Crippen molar-refractivity contribution >= 4 is 29.4 Å². The summed E-state index contributed by atoms with van der Waals surface area (Å²) < 4.78 is 4.48. The molecule has 0 aliphatic carbocycles. The number of aromatic nitrogens is 2. The Hall–Kier alpha value is -1.90. The summed E-state index contributed by atoms with van der Waals surface area (Å²) in [5.41, 5.74) is -0.226. The van der Waals surface area contributed by atoms with E-state index >= 15 is 0 Å². The summed E-state index contributed by atoms with van der Waals surface area (Å²) in [6.07, 6.45) is 2.01. The van der Waals surface area contributed by atoms with E-state index in [-0.39, 0.29) is 16.5 Å². The number of rotatable bonds is 7. The molecule has 0 saturated carbocycles. The molecule has 0 saturated heterocycles. The molecule has 9 heteroatoms. The Balaban J connectivity index is 2.88. The molecule has 1 aromatic rings. The number of thioether (sulfide) groups is 1. The van der Waals surface area contributed by atoms with Crippen LogP contribution in [0.15, 0.2) is 11.2 Å². The molecular weight excluding hydrogens is 272 g/mol. The van der Waals surface area contributed by atoms with Crippen LogP contribution in [0.1, 0.15) is 13.3 Å². The van der Waals surface area contributed by atoms with Crippen molar-refractivity contribution in [3.63, 3.8) is 0 Å². The third kappa shape index (κ3) is 4.70. The van der Waals surface area contributed by atoms with Gasteiger partial charge in [-0.2, -0.15) is 4.98 Å². The summed E-state index contributed by atoms with van der Waals surface area (Å²) in [5, 5.41) is 13.9. The minimum atomic E-state index is -0.580. The Morgan fingerprint density at radius 1 is 1.63 bits per heavy atom. The zero-order chi connectivity index (χ0) is 14.3. The summed E-state index contributed by atoms with van der Waals surface area (Å²) in [7, 11) is 1.26. The van der Waals surface area contributed by atoms with E-state index in [0.717, 1.165) is 24.4 Å². The first-order valence-electron chi connectivity index (χ1n) is 5.53. The number of ether oxygens (including phenoxy) is 1. The van der Waals surface area contributed by atoms with E-state index in [4.69, 9.17) is 0 Å². The van der Waals surface area contributed by atoms with Crippen molar-refractivity contribution in [2.24, 2.45) is 0 Å².